The van der Waals surface area contributed by atoms with Crippen LogP contribution in [0.15, 0.2) is 91.3 Å². The van der Waals surface area contributed by atoms with Crippen LogP contribution < -0.4 is 20.5 Å². The van der Waals surface area contributed by atoms with Crippen molar-refractivity contribution in [2.24, 2.45) is 14.1 Å². The van der Waals surface area contributed by atoms with Crippen LogP contribution in [0.25, 0.3) is 22.5 Å². The first-order valence-corrected chi connectivity index (χ1v) is 19.0. The Morgan fingerprint density at radius 2 is 1.21 bits per heavy atom. The molecule has 3 aromatic carbocycles. The topological polar surface area (TPSA) is 116 Å². The van der Waals surface area contributed by atoms with Gasteiger partial charge in [-0.3, -0.25) is 24.0 Å². The molecule has 53 heavy (non-hydrogen) atoms. The molecule has 11 heteroatoms. The van der Waals surface area contributed by atoms with E-state index in [-0.39, 0.29) is 5.91 Å². The second-order valence-electron chi connectivity index (χ2n) is 13.9. The second-order valence-corrected chi connectivity index (χ2v) is 13.9. The Morgan fingerprint density at radius 1 is 0.679 bits per heavy atom. The van der Waals surface area contributed by atoms with Crippen LogP contribution >= 0.6 is 0 Å². The predicted octanol–water partition coefficient (Wildman–Crippen LogP) is 6.67. The van der Waals surface area contributed by atoms with Gasteiger partial charge in [-0.25, -0.2) is 0 Å². The van der Waals surface area contributed by atoms with Crippen molar-refractivity contribution in [1.29, 1.82) is 0 Å². The van der Waals surface area contributed by atoms with E-state index in [2.05, 4.69) is 25.3 Å². The minimum atomic E-state index is -0.0408. The van der Waals surface area contributed by atoms with Crippen LogP contribution in [0.2, 0.25) is 0 Å². The average Bonchev–Trinajstić information content (AvgIpc) is 3.81. The maximum absolute atomic E-state index is 12.5. The molecular weight excluding hydrogens is 665 g/mol. The fourth-order valence-electron chi connectivity index (χ4n) is 7.01. The summed E-state index contributed by atoms with van der Waals surface area (Å²) in [5, 5.41) is 11.5. The van der Waals surface area contributed by atoms with E-state index in [1.807, 2.05) is 102 Å². The van der Waals surface area contributed by atoms with E-state index in [1.165, 1.54) is 51.6 Å². The minimum absolute atomic E-state index is 0.0408. The van der Waals surface area contributed by atoms with Gasteiger partial charge in [-0.05, 0) is 106 Å². The van der Waals surface area contributed by atoms with Gasteiger partial charge < -0.3 is 20.5 Å². The van der Waals surface area contributed by atoms with E-state index in [9.17, 15) is 4.79 Å². The van der Waals surface area contributed by atoms with Crippen LogP contribution in [0.4, 0.5) is 11.4 Å². The molecular formula is C42H54N8O3. The van der Waals surface area contributed by atoms with Gasteiger partial charge in [0.2, 0.25) is 5.91 Å². The van der Waals surface area contributed by atoms with E-state index in [1.54, 1.807) is 12.4 Å². The molecule has 0 spiro atoms. The van der Waals surface area contributed by atoms with E-state index < -0.39 is 0 Å². The molecule has 0 atom stereocenters. The molecule has 11 nitrogen and oxygen atoms in total. The first kappa shape index (κ1) is 37.6. The highest BCUT2D eigenvalue weighted by molar-refractivity contribution is 5.93. The fourth-order valence-corrected chi connectivity index (χ4v) is 7.01. The lowest BCUT2D eigenvalue weighted by Crippen LogP contribution is -2.33. The number of hydrogen-bond acceptors (Lipinski definition) is 8. The third-order valence-electron chi connectivity index (χ3n) is 9.90. The van der Waals surface area contributed by atoms with Crippen LogP contribution in [-0.2, 0) is 25.3 Å². The van der Waals surface area contributed by atoms with Crippen molar-refractivity contribution in [3.05, 3.63) is 96.8 Å². The van der Waals surface area contributed by atoms with E-state index >= 15 is 0 Å². The summed E-state index contributed by atoms with van der Waals surface area (Å²) in [6, 6.07) is 25.3. The number of aromatic nitrogens is 4. The molecule has 2 aliphatic heterocycles. The standard InChI is InChI=1S/C25H30N4O2.C17H24N4O/c1-28-23(12-13-26-28)22-19-21(27-25(30)18-20-8-4-2-5-9-20)10-11-24(22)31-17-16-29-14-6-3-7-15-29;1-20-16(7-8-19-20)15-13-14(18)5-6-17(15)22-12-11-21-9-3-2-4-10-21/h2,4-5,8-13,19H,3,6-7,14-18H2,1H3,(H,27,30);5-8,13H,2-4,9-12,18H2,1H3. The van der Waals surface area contributed by atoms with Gasteiger partial charge in [0.1, 0.15) is 24.7 Å². The highest BCUT2D eigenvalue weighted by atomic mass is 16.5. The summed E-state index contributed by atoms with van der Waals surface area (Å²) in [4.78, 5) is 17.5. The van der Waals surface area contributed by atoms with Gasteiger partial charge in [-0.1, -0.05) is 43.2 Å². The van der Waals surface area contributed by atoms with Crippen molar-refractivity contribution in [1.82, 2.24) is 29.4 Å². The minimum Gasteiger partial charge on any atom is -0.492 e. The summed E-state index contributed by atoms with van der Waals surface area (Å²) in [7, 11) is 3.84. The number of piperidine rings is 2. The summed E-state index contributed by atoms with van der Waals surface area (Å²) in [6.07, 6.45) is 11.8. The first-order valence-electron chi connectivity index (χ1n) is 19.0. The highest BCUT2D eigenvalue weighted by Crippen LogP contribution is 2.33. The number of likely N-dealkylation sites (tertiary alicyclic amines) is 2. The molecule has 280 valence electrons. The molecule has 0 unspecified atom stereocenters. The third-order valence-corrected chi connectivity index (χ3v) is 9.90. The Hall–Kier alpha value is -5.13. The average molecular weight is 719 g/mol. The van der Waals surface area contributed by atoms with Crippen LogP contribution in [0, 0.1) is 0 Å². The van der Waals surface area contributed by atoms with Gasteiger partial charge >= 0.3 is 0 Å². The number of benzene rings is 3. The van der Waals surface area contributed by atoms with Crippen molar-refractivity contribution in [3.8, 4) is 34.0 Å². The molecule has 2 fully saturated rings. The first-order chi connectivity index (χ1) is 25.9. The van der Waals surface area contributed by atoms with Crippen molar-refractivity contribution >= 4 is 17.3 Å². The number of aryl methyl sites for hydroxylation is 2. The smallest absolute Gasteiger partial charge is 0.228 e. The normalized spacial score (nSPS) is 15.0. The quantitative estimate of drug-likeness (QED) is 0.130. The molecule has 0 aliphatic carbocycles. The van der Waals surface area contributed by atoms with Gasteiger partial charge in [0.25, 0.3) is 0 Å². The molecule has 2 aromatic heterocycles. The number of rotatable bonds is 13. The van der Waals surface area contributed by atoms with Crippen LogP contribution in [0.3, 0.4) is 0 Å². The van der Waals surface area contributed by atoms with Gasteiger partial charge in [0.05, 0.1) is 17.8 Å². The number of anilines is 2. The van der Waals surface area contributed by atoms with Gasteiger partial charge in [-0.2, -0.15) is 10.2 Å². The SMILES string of the molecule is Cn1nccc1-c1cc(N)ccc1OCCN1CCCCC1.Cn1nccc1-c1cc(NC(=O)Cc2ccccc2)ccc1OCCN1CCCCC1. The molecule has 0 radical (unpaired) electrons. The zero-order valence-corrected chi connectivity index (χ0v) is 31.3. The summed E-state index contributed by atoms with van der Waals surface area (Å²) in [5.74, 6) is 1.64. The molecule has 7 rings (SSSR count). The number of carbonyl (C=O) groups excluding carboxylic acids is 1. The Morgan fingerprint density at radius 3 is 1.74 bits per heavy atom. The summed E-state index contributed by atoms with van der Waals surface area (Å²) < 4.78 is 15.9. The van der Waals surface area contributed by atoms with Gasteiger partial charge in [0.15, 0.2) is 0 Å². The Kier molecular flexibility index (Phi) is 13.6. The molecule has 4 heterocycles. The molecule has 2 aliphatic rings. The summed E-state index contributed by atoms with van der Waals surface area (Å²) in [5.41, 5.74) is 12.3. The van der Waals surface area contributed by atoms with Gasteiger partial charge in [-0.15, -0.1) is 0 Å². The monoisotopic (exact) mass is 718 g/mol. The largest absolute Gasteiger partial charge is 0.492 e. The Bertz CT molecular complexity index is 1880. The summed E-state index contributed by atoms with van der Waals surface area (Å²) in [6.45, 7) is 7.96. The van der Waals surface area contributed by atoms with Crippen LogP contribution in [0.1, 0.15) is 44.1 Å². The number of nitrogens with zero attached hydrogens (tertiary/aromatic N) is 6. The number of nitrogen functional groups attached to an aromatic ring is 1. The number of hydrogen-bond donors (Lipinski definition) is 2. The molecule has 2 saturated heterocycles. The maximum atomic E-state index is 12.5. The maximum Gasteiger partial charge on any atom is 0.228 e. The number of nitrogens with one attached hydrogen (secondary N) is 1. The zero-order valence-electron chi connectivity index (χ0n) is 31.3. The fraction of sp³-hybridized carbons (Fsp3) is 0.405. The lowest BCUT2D eigenvalue weighted by atomic mass is 10.1. The highest BCUT2D eigenvalue weighted by Gasteiger charge is 2.16. The lowest BCUT2D eigenvalue weighted by molar-refractivity contribution is -0.115. The van der Waals surface area contributed by atoms with Gasteiger partial charge in [0, 0.05) is 62.1 Å². The number of carbonyl (C=O) groups is 1. The van der Waals surface area contributed by atoms with E-state index in [4.69, 9.17) is 15.2 Å². The number of amides is 1. The predicted molar refractivity (Wildman–Crippen MR) is 212 cm³/mol. The van der Waals surface area contributed by atoms with Crippen molar-refractivity contribution in [2.45, 2.75) is 44.9 Å². The Labute approximate surface area is 313 Å². The Balaban J connectivity index is 0.000000192. The van der Waals surface area contributed by atoms with E-state index in [0.717, 1.165) is 77.1 Å². The molecule has 5 aromatic rings. The lowest BCUT2D eigenvalue weighted by Gasteiger charge is -2.26. The van der Waals surface area contributed by atoms with E-state index in [0.29, 0.717) is 19.6 Å². The number of nitrogens with two attached hydrogens (primary N) is 1. The molecule has 1 amide bonds. The van der Waals surface area contributed by atoms with Crippen LogP contribution in [0.5, 0.6) is 11.5 Å². The molecule has 0 saturated carbocycles. The zero-order chi connectivity index (χ0) is 36.8. The second kappa shape index (κ2) is 19.1. The molecule has 3 N–H and O–H groups in total. The van der Waals surface area contributed by atoms with Crippen molar-refractivity contribution < 1.29 is 14.3 Å². The molecule has 0 bridgehead atoms. The van der Waals surface area contributed by atoms with Crippen molar-refractivity contribution in [3.63, 3.8) is 0 Å². The van der Waals surface area contributed by atoms with Crippen LogP contribution in [-0.4, -0.2) is 87.8 Å². The number of ether oxygens (including phenoxy) is 2. The third kappa shape index (κ3) is 10.9. The van der Waals surface area contributed by atoms with Crippen molar-refractivity contribution in [2.75, 3.05) is 63.5 Å². The summed E-state index contributed by atoms with van der Waals surface area (Å²) >= 11 is 0.